The Kier molecular flexibility index (Phi) is 5.97. The molecule has 0 saturated heterocycles. The Morgan fingerprint density at radius 2 is 1.86 bits per heavy atom. The van der Waals surface area contributed by atoms with Gasteiger partial charge in [-0.2, -0.15) is 0 Å². The monoisotopic (exact) mass is 287 g/mol. The minimum atomic E-state index is 0.581. The summed E-state index contributed by atoms with van der Waals surface area (Å²) in [4.78, 5) is 8.24. The van der Waals surface area contributed by atoms with Crippen LogP contribution in [0.25, 0.3) is 0 Å². The van der Waals surface area contributed by atoms with E-state index in [1.165, 1.54) is 17.5 Å². The van der Waals surface area contributed by atoms with Crippen molar-refractivity contribution in [2.45, 2.75) is 27.0 Å². The summed E-state index contributed by atoms with van der Waals surface area (Å²) in [6, 6.07) is 10.0. The van der Waals surface area contributed by atoms with Crippen LogP contribution >= 0.6 is 0 Å². The molecule has 1 heterocycles. The lowest BCUT2D eigenvalue weighted by Crippen LogP contribution is -2.06. The Balaban J connectivity index is 2.00. The fourth-order valence-corrected chi connectivity index (χ4v) is 1.93. The van der Waals surface area contributed by atoms with Gasteiger partial charge in [0.15, 0.2) is 0 Å². The molecule has 1 aromatic heterocycles. The van der Waals surface area contributed by atoms with E-state index in [2.05, 4.69) is 27.4 Å². The van der Waals surface area contributed by atoms with Crippen LogP contribution < -0.4 is 10.1 Å². The van der Waals surface area contributed by atoms with Crippen molar-refractivity contribution in [2.24, 2.45) is 0 Å². The average molecular weight is 287 g/mol. The Hall–Kier alpha value is -2.14. The highest BCUT2D eigenvalue weighted by Crippen LogP contribution is 2.15. The van der Waals surface area contributed by atoms with Crippen LogP contribution in [0.2, 0.25) is 0 Å². The molecule has 5 heteroatoms. The third kappa shape index (κ3) is 4.72. The van der Waals surface area contributed by atoms with Gasteiger partial charge in [0.1, 0.15) is 12.1 Å². The zero-order chi connectivity index (χ0) is 14.9. The van der Waals surface area contributed by atoms with Crippen LogP contribution in [0, 0.1) is 0 Å². The third-order valence-corrected chi connectivity index (χ3v) is 2.97. The molecule has 0 fully saturated rings. The lowest BCUT2D eigenvalue weighted by Gasteiger charge is -2.11. The van der Waals surface area contributed by atoms with Crippen LogP contribution in [0.1, 0.15) is 25.0 Å². The van der Waals surface area contributed by atoms with E-state index in [1.807, 2.05) is 26.0 Å². The van der Waals surface area contributed by atoms with Crippen LogP contribution in [0.15, 0.2) is 36.7 Å². The van der Waals surface area contributed by atoms with Gasteiger partial charge in [-0.05, 0) is 25.0 Å². The molecule has 2 rings (SSSR count). The number of aromatic nitrogens is 2. The average Bonchev–Trinajstić information content (AvgIpc) is 2.52. The second-order valence-electron chi connectivity index (χ2n) is 4.43. The number of hydrogen-bond donors (Lipinski definition) is 1. The molecule has 112 valence electrons. The van der Waals surface area contributed by atoms with E-state index < -0.39 is 0 Å². The summed E-state index contributed by atoms with van der Waals surface area (Å²) < 4.78 is 10.9. The Morgan fingerprint density at radius 1 is 1.05 bits per heavy atom. The number of anilines is 1. The molecule has 5 nitrogen and oxygen atoms in total. The first-order valence-corrected chi connectivity index (χ1v) is 7.16. The molecule has 21 heavy (non-hydrogen) atoms. The molecule has 0 saturated carbocycles. The predicted molar refractivity (Wildman–Crippen MR) is 82.3 cm³/mol. The zero-order valence-electron chi connectivity index (χ0n) is 12.5. The smallest absolute Gasteiger partial charge is 0.218 e. The van der Waals surface area contributed by atoms with Crippen molar-refractivity contribution in [3.8, 4) is 5.88 Å². The van der Waals surface area contributed by atoms with Crippen molar-refractivity contribution >= 4 is 5.82 Å². The highest BCUT2D eigenvalue weighted by molar-refractivity contribution is 5.39. The largest absolute Gasteiger partial charge is 0.478 e. The maximum atomic E-state index is 5.49. The lowest BCUT2D eigenvalue weighted by molar-refractivity contribution is 0.133. The Labute approximate surface area is 125 Å². The molecule has 2 aromatic rings. The van der Waals surface area contributed by atoms with Gasteiger partial charge in [0.25, 0.3) is 0 Å². The molecule has 0 radical (unpaired) electrons. The highest BCUT2D eigenvalue weighted by Gasteiger charge is 2.03. The van der Waals surface area contributed by atoms with Crippen LogP contribution in [0.5, 0.6) is 5.88 Å². The van der Waals surface area contributed by atoms with Crippen LogP contribution in [0.3, 0.4) is 0 Å². The van der Waals surface area contributed by atoms with E-state index in [9.17, 15) is 0 Å². The Morgan fingerprint density at radius 3 is 2.62 bits per heavy atom. The van der Waals surface area contributed by atoms with Crippen molar-refractivity contribution in [3.63, 3.8) is 0 Å². The summed E-state index contributed by atoms with van der Waals surface area (Å²) in [5, 5.41) is 3.29. The van der Waals surface area contributed by atoms with E-state index >= 15 is 0 Å². The van der Waals surface area contributed by atoms with Gasteiger partial charge in [-0.15, -0.1) is 0 Å². The molecular weight excluding hydrogens is 266 g/mol. The summed E-state index contributed by atoms with van der Waals surface area (Å²) in [6.45, 7) is 6.55. The van der Waals surface area contributed by atoms with Crippen LogP contribution in [0.4, 0.5) is 5.82 Å². The second kappa shape index (κ2) is 8.21. The van der Waals surface area contributed by atoms with Gasteiger partial charge < -0.3 is 14.8 Å². The van der Waals surface area contributed by atoms with Crippen molar-refractivity contribution in [3.05, 3.63) is 47.8 Å². The molecule has 0 aliphatic carbocycles. The van der Waals surface area contributed by atoms with Gasteiger partial charge in [0, 0.05) is 19.2 Å². The minimum Gasteiger partial charge on any atom is -0.478 e. The number of hydrogen-bond acceptors (Lipinski definition) is 5. The zero-order valence-corrected chi connectivity index (χ0v) is 12.5. The first-order valence-electron chi connectivity index (χ1n) is 7.16. The molecule has 0 bridgehead atoms. The van der Waals surface area contributed by atoms with E-state index in [0.29, 0.717) is 32.2 Å². The molecule has 1 N–H and O–H groups in total. The maximum Gasteiger partial charge on any atom is 0.218 e. The number of rotatable bonds is 8. The Bertz CT molecular complexity index is 561. The standard InChI is InChI=1S/C16H21N3O2/c1-3-20-11-14-8-6-5-7-13(14)10-17-15-9-16(21-4-2)19-12-18-15/h5-9,12H,3-4,10-11H2,1-2H3,(H,17,18,19). The molecule has 0 aliphatic rings. The van der Waals surface area contributed by atoms with Crippen molar-refractivity contribution in [1.29, 1.82) is 0 Å². The quantitative estimate of drug-likeness (QED) is 0.808. The maximum absolute atomic E-state index is 5.49. The number of nitrogens with zero attached hydrogens (tertiary/aromatic N) is 2. The minimum absolute atomic E-state index is 0.581. The third-order valence-electron chi connectivity index (χ3n) is 2.97. The van der Waals surface area contributed by atoms with Gasteiger partial charge in [-0.1, -0.05) is 24.3 Å². The van der Waals surface area contributed by atoms with Gasteiger partial charge in [-0.3, -0.25) is 0 Å². The first kappa shape index (κ1) is 15.3. The number of nitrogens with one attached hydrogen (secondary N) is 1. The fourth-order valence-electron chi connectivity index (χ4n) is 1.93. The first-order chi connectivity index (χ1) is 10.3. The van der Waals surface area contributed by atoms with E-state index in [4.69, 9.17) is 9.47 Å². The molecule has 0 atom stereocenters. The summed E-state index contributed by atoms with van der Waals surface area (Å²) in [5.74, 6) is 1.33. The molecule has 1 aromatic carbocycles. The topological polar surface area (TPSA) is 56.3 Å². The summed E-state index contributed by atoms with van der Waals surface area (Å²) in [6.07, 6.45) is 1.50. The molecule has 0 amide bonds. The van der Waals surface area contributed by atoms with Crippen molar-refractivity contribution in [2.75, 3.05) is 18.5 Å². The fraction of sp³-hybridized carbons (Fsp3) is 0.375. The second-order valence-corrected chi connectivity index (χ2v) is 4.43. The highest BCUT2D eigenvalue weighted by atomic mass is 16.5. The van der Waals surface area contributed by atoms with Gasteiger partial charge in [0.2, 0.25) is 5.88 Å². The van der Waals surface area contributed by atoms with Gasteiger partial charge >= 0.3 is 0 Å². The summed E-state index contributed by atoms with van der Waals surface area (Å²) in [5.41, 5.74) is 2.38. The van der Waals surface area contributed by atoms with Crippen LogP contribution in [-0.2, 0) is 17.9 Å². The molecule has 0 aliphatic heterocycles. The van der Waals surface area contributed by atoms with Crippen LogP contribution in [-0.4, -0.2) is 23.2 Å². The van der Waals surface area contributed by atoms with E-state index in [-0.39, 0.29) is 0 Å². The SMILES string of the molecule is CCOCc1ccccc1CNc1cc(OCC)ncn1. The predicted octanol–water partition coefficient (Wildman–Crippen LogP) is 3.02. The molecular formula is C16H21N3O2. The van der Waals surface area contributed by atoms with Gasteiger partial charge in [0.05, 0.1) is 13.2 Å². The van der Waals surface area contributed by atoms with Crippen molar-refractivity contribution in [1.82, 2.24) is 9.97 Å². The number of benzene rings is 1. The van der Waals surface area contributed by atoms with Crippen molar-refractivity contribution < 1.29 is 9.47 Å². The summed E-state index contributed by atoms with van der Waals surface area (Å²) in [7, 11) is 0. The summed E-state index contributed by atoms with van der Waals surface area (Å²) >= 11 is 0. The normalized spacial score (nSPS) is 10.4. The van der Waals surface area contributed by atoms with Gasteiger partial charge in [-0.25, -0.2) is 9.97 Å². The van der Waals surface area contributed by atoms with E-state index in [0.717, 1.165) is 5.82 Å². The molecule has 0 spiro atoms. The number of ether oxygens (including phenoxy) is 2. The molecule has 0 unspecified atom stereocenters. The lowest BCUT2D eigenvalue weighted by atomic mass is 10.1. The van der Waals surface area contributed by atoms with E-state index in [1.54, 1.807) is 6.07 Å².